The van der Waals surface area contributed by atoms with Crippen molar-refractivity contribution in [2.24, 2.45) is 17.3 Å². The Hall–Kier alpha value is -6.94. The number of fused-ring (bicyclic) bond motifs is 1. The maximum Gasteiger partial charge on any atom is 0.501 e. The maximum atomic E-state index is 14.5. The van der Waals surface area contributed by atoms with E-state index >= 15 is 0 Å². The Morgan fingerprint density at radius 3 is 2.18 bits per heavy atom. The normalized spacial score (nSPS) is 21.2. The number of rotatable bonds is 25. The van der Waals surface area contributed by atoms with Gasteiger partial charge in [-0.05, 0) is 135 Å². The summed E-state index contributed by atoms with van der Waals surface area (Å²) in [5.41, 5.74) is -2.09. The number of benzene rings is 4. The summed E-state index contributed by atoms with van der Waals surface area (Å²) in [7, 11) is -11.1. The van der Waals surface area contributed by atoms with Crippen LogP contribution in [0.25, 0.3) is 0 Å². The van der Waals surface area contributed by atoms with Gasteiger partial charge in [0.1, 0.15) is 10.9 Å². The van der Waals surface area contributed by atoms with Crippen molar-refractivity contribution in [1.29, 1.82) is 0 Å². The molecule has 4 fully saturated rings. The predicted octanol–water partition coefficient (Wildman–Crippen LogP) is 8.81. The Kier molecular flexibility index (Phi) is 20.7. The van der Waals surface area contributed by atoms with Crippen LogP contribution in [0.3, 0.4) is 0 Å². The third kappa shape index (κ3) is 16.1. The quantitative estimate of drug-likeness (QED) is 0.0160. The highest BCUT2D eigenvalue weighted by molar-refractivity contribution is 7.99. The number of anilines is 3. The van der Waals surface area contributed by atoms with Gasteiger partial charge in [0.2, 0.25) is 24.1 Å². The van der Waals surface area contributed by atoms with Gasteiger partial charge in [-0.2, -0.15) is 13.2 Å². The molecule has 0 radical (unpaired) electrons. The molecule has 4 N–H and O–H groups in total. The van der Waals surface area contributed by atoms with Gasteiger partial charge < -0.3 is 20.4 Å². The van der Waals surface area contributed by atoms with Crippen LogP contribution in [0, 0.1) is 17.3 Å². The molecule has 6 aliphatic rings. The molecule has 6 amide bonds. The zero-order chi connectivity index (χ0) is 65.0. The summed E-state index contributed by atoms with van der Waals surface area (Å²) >= 11 is 1.39. The highest BCUT2D eigenvalue weighted by Gasteiger charge is 2.50. The van der Waals surface area contributed by atoms with Crippen LogP contribution in [0.15, 0.2) is 117 Å². The molecule has 4 atom stereocenters. The highest BCUT2D eigenvalue weighted by Crippen LogP contribution is 2.54. The lowest BCUT2D eigenvalue weighted by atomic mass is 9.72. The second-order valence-corrected chi connectivity index (χ2v) is 29.8. The van der Waals surface area contributed by atoms with Crippen LogP contribution in [0.4, 0.5) is 39.0 Å². The van der Waals surface area contributed by atoms with Gasteiger partial charge in [0.25, 0.3) is 37.6 Å². The van der Waals surface area contributed by atoms with Crippen LogP contribution in [0.5, 0.6) is 0 Å². The zero-order valence-corrected chi connectivity index (χ0v) is 53.2. The minimum atomic E-state index is -6.18. The smallest absolute Gasteiger partial charge is 0.385 e. The third-order valence-corrected chi connectivity index (χ3v) is 22.1. The molecule has 0 aromatic heterocycles. The standard InChI is InChI=1S/C64H76F5N9O10S3/c1-63(2)24-22-42(52(38-63)49-37-50(49)58(65)66)39-75-29-31-76(32-30-75)45-15-12-41(13-16-45)59(81)73-91(87,88)47-17-19-53(55(36-47)90(85,86)64(67,68)69)71-44(40-89-46-9-5-3-6-10-46)23-26-74-27-33-77(34-28-74)57(80)11-7-4-8-25-70-43-14-18-48-51(35-43)62(84)78(61(48)83)54-20-21-56(79)72-60(54)82/h3,5-6,9-10,12-19,35-36,44,49-50,54,58,70-71H,4,7-8,11,20-34,37-40H2,1-2H3,(H,73,81)(H,72,79,82). The van der Waals surface area contributed by atoms with Gasteiger partial charge in [-0.1, -0.05) is 49.6 Å². The number of unbranched alkanes of at least 4 members (excludes halogenated alkanes) is 2. The van der Waals surface area contributed by atoms with E-state index in [9.17, 15) is 67.6 Å². The fourth-order valence-corrected chi connectivity index (χ4v) is 15.7. The number of amides is 6. The average Bonchev–Trinajstić information content (AvgIpc) is 1.60. The van der Waals surface area contributed by atoms with E-state index in [1.807, 2.05) is 35.1 Å². The molecule has 4 aliphatic heterocycles. The first-order valence-corrected chi connectivity index (χ1v) is 34.8. The van der Waals surface area contributed by atoms with Crippen LogP contribution in [0.1, 0.15) is 116 Å². The molecular weight excluding hydrogens is 1250 g/mol. The summed E-state index contributed by atoms with van der Waals surface area (Å²) in [4.78, 5) is 85.0. The van der Waals surface area contributed by atoms with Crippen molar-refractivity contribution in [3.05, 3.63) is 119 Å². The Morgan fingerprint density at radius 1 is 0.791 bits per heavy atom. The van der Waals surface area contributed by atoms with Crippen LogP contribution >= 0.6 is 11.8 Å². The molecule has 4 unspecified atom stereocenters. The van der Waals surface area contributed by atoms with Crippen LogP contribution in [-0.2, 0) is 34.2 Å². The molecule has 19 nitrogen and oxygen atoms in total. The minimum absolute atomic E-state index is 0.0128. The van der Waals surface area contributed by atoms with Crippen molar-refractivity contribution in [3.8, 4) is 0 Å². The van der Waals surface area contributed by atoms with Gasteiger partial charge in [0.05, 0.1) is 21.7 Å². The first kappa shape index (κ1) is 67.0. The topological polar surface area (TPSA) is 235 Å². The predicted molar refractivity (Wildman–Crippen MR) is 334 cm³/mol. The number of piperazine rings is 2. The molecule has 2 aliphatic carbocycles. The van der Waals surface area contributed by atoms with Gasteiger partial charge in [-0.25, -0.2) is 30.3 Å². The van der Waals surface area contributed by atoms with Gasteiger partial charge in [-0.3, -0.25) is 48.8 Å². The van der Waals surface area contributed by atoms with Crippen molar-refractivity contribution in [1.82, 2.24) is 29.6 Å². The Bertz CT molecular complexity index is 3660. The van der Waals surface area contributed by atoms with Crippen molar-refractivity contribution in [2.45, 2.75) is 123 Å². The van der Waals surface area contributed by atoms with Crippen LogP contribution < -0.4 is 25.6 Å². The van der Waals surface area contributed by atoms with Crippen molar-refractivity contribution < 1.29 is 67.6 Å². The molecule has 3 saturated heterocycles. The van der Waals surface area contributed by atoms with E-state index in [-0.39, 0.29) is 52.5 Å². The Balaban J connectivity index is 0.704. The molecule has 27 heteroatoms. The van der Waals surface area contributed by atoms with Gasteiger partial charge in [0, 0.05) is 124 Å². The highest BCUT2D eigenvalue weighted by atomic mass is 32.2. The number of hydrogen-bond acceptors (Lipinski definition) is 16. The minimum Gasteiger partial charge on any atom is -0.385 e. The molecule has 490 valence electrons. The largest absolute Gasteiger partial charge is 0.501 e. The monoisotopic (exact) mass is 1320 g/mol. The number of carbonyl (C=O) groups excluding carboxylic acids is 6. The number of hydrogen-bond donors (Lipinski definition) is 4. The number of halogens is 5. The second-order valence-electron chi connectivity index (χ2n) is 25.1. The zero-order valence-electron chi connectivity index (χ0n) is 50.7. The lowest BCUT2D eigenvalue weighted by Gasteiger charge is -2.39. The van der Waals surface area contributed by atoms with Crippen molar-refractivity contribution in [2.75, 3.05) is 93.3 Å². The third-order valence-electron chi connectivity index (χ3n) is 18.1. The lowest BCUT2D eigenvalue weighted by molar-refractivity contribution is -0.136. The number of carbonyl (C=O) groups is 6. The summed E-state index contributed by atoms with van der Waals surface area (Å²) in [6.45, 7) is 10.6. The molecule has 4 aromatic rings. The Labute approximate surface area is 531 Å². The molecular formula is C64H76F5N9O10S3. The molecule has 10 rings (SSSR count). The van der Waals surface area contributed by atoms with Gasteiger partial charge in [0.15, 0.2) is 0 Å². The number of piperidine rings is 1. The summed E-state index contributed by atoms with van der Waals surface area (Å²) in [5, 5.41) is 8.42. The Morgan fingerprint density at radius 2 is 1.49 bits per heavy atom. The van der Waals surface area contributed by atoms with E-state index in [0.717, 1.165) is 59.8 Å². The average molecular weight is 1320 g/mol. The maximum absolute atomic E-state index is 14.5. The summed E-state index contributed by atoms with van der Waals surface area (Å²) in [6, 6.07) is 20.7. The number of sulfone groups is 1. The number of nitrogens with one attached hydrogen (secondary N) is 4. The van der Waals surface area contributed by atoms with E-state index in [2.05, 4.69) is 44.5 Å². The van der Waals surface area contributed by atoms with Crippen molar-refractivity contribution >= 4 is 84.1 Å². The summed E-state index contributed by atoms with van der Waals surface area (Å²) in [6.07, 6.45) is 3.69. The lowest BCUT2D eigenvalue weighted by Crippen LogP contribution is -2.54. The number of alkyl halides is 5. The molecule has 1 saturated carbocycles. The first-order valence-electron chi connectivity index (χ1n) is 30.9. The SMILES string of the molecule is CC1(C)CCC(CN2CCN(c3ccc(C(=O)NS(=O)(=O)c4ccc(NC(CCN5CCN(C(=O)CCCCCNc6ccc7c(c6)C(=O)N(C6CCC(=O)NC6=O)C7=O)CC5)CSc5ccccc5)c(S(=O)(=O)C(F)(F)F)c4)cc3)CC2)=C(C2CC2C(F)F)C1. The van der Waals surface area contributed by atoms with E-state index in [1.54, 1.807) is 29.2 Å². The number of sulfonamides is 1. The van der Waals surface area contributed by atoms with Gasteiger partial charge in [-0.15, -0.1) is 11.8 Å². The summed E-state index contributed by atoms with van der Waals surface area (Å²) < 4.78 is 127. The van der Waals surface area contributed by atoms with E-state index in [4.69, 9.17) is 0 Å². The molecule has 4 heterocycles. The molecule has 0 spiro atoms. The van der Waals surface area contributed by atoms with Gasteiger partial charge >= 0.3 is 5.51 Å². The number of nitrogens with zero attached hydrogens (tertiary/aromatic N) is 5. The van der Waals surface area contributed by atoms with E-state index < -0.39 is 94.8 Å². The first-order chi connectivity index (χ1) is 43.2. The number of allylic oxidation sites excluding steroid dienone is 1. The number of thioether (sulfide) groups is 1. The molecule has 91 heavy (non-hydrogen) atoms. The van der Waals surface area contributed by atoms with Crippen LogP contribution in [0.2, 0.25) is 0 Å². The molecule has 4 aromatic carbocycles. The van der Waals surface area contributed by atoms with E-state index in [1.165, 1.54) is 41.1 Å². The van der Waals surface area contributed by atoms with Crippen molar-refractivity contribution in [3.63, 3.8) is 0 Å². The fourth-order valence-electron chi connectivity index (χ4n) is 12.7. The van der Waals surface area contributed by atoms with Crippen LogP contribution in [-0.4, -0.2) is 174 Å². The number of imide groups is 2. The van der Waals surface area contributed by atoms with E-state index in [0.29, 0.717) is 109 Å². The fraction of sp³-hybridized carbons (Fsp3) is 0.500. The second kappa shape index (κ2) is 28.1. The molecule has 0 bridgehead atoms. The summed E-state index contributed by atoms with van der Waals surface area (Å²) in [5.74, 6) is -3.77.